The van der Waals surface area contributed by atoms with Gasteiger partial charge in [-0.25, -0.2) is 13.8 Å². The standard InChI is InChI=1S/C19H13F2N3O2/c20-13-6-12-16(7-11(13)9-1-4-15(22)14(21)5-9)24(10-2-3-10)19(25)17-18(12)26-8-23-17/h1,4-8,10H,2-3,22H2. The molecule has 2 aromatic heterocycles. The minimum absolute atomic E-state index is 0.00629. The van der Waals surface area contributed by atoms with Crippen LogP contribution in [-0.4, -0.2) is 9.55 Å². The van der Waals surface area contributed by atoms with Crippen LogP contribution >= 0.6 is 0 Å². The molecule has 7 heteroatoms. The van der Waals surface area contributed by atoms with E-state index in [1.54, 1.807) is 16.7 Å². The number of pyridine rings is 1. The second kappa shape index (κ2) is 5.14. The van der Waals surface area contributed by atoms with Crippen LogP contribution < -0.4 is 11.3 Å². The number of aromatic nitrogens is 2. The molecule has 0 atom stereocenters. The normalized spacial score (nSPS) is 14.4. The molecule has 2 N–H and O–H groups in total. The zero-order valence-electron chi connectivity index (χ0n) is 13.5. The van der Waals surface area contributed by atoms with Crippen molar-refractivity contribution in [2.24, 2.45) is 0 Å². The number of nitrogen functional groups attached to an aromatic ring is 1. The number of anilines is 1. The number of fused-ring (bicyclic) bond motifs is 3. The van der Waals surface area contributed by atoms with Crippen molar-refractivity contribution < 1.29 is 13.2 Å². The van der Waals surface area contributed by atoms with E-state index in [2.05, 4.69) is 4.98 Å². The van der Waals surface area contributed by atoms with Gasteiger partial charge in [0.1, 0.15) is 11.6 Å². The molecule has 1 saturated carbocycles. The number of hydrogen-bond acceptors (Lipinski definition) is 4. The van der Waals surface area contributed by atoms with E-state index in [1.165, 1.54) is 24.6 Å². The van der Waals surface area contributed by atoms with E-state index < -0.39 is 11.6 Å². The average Bonchev–Trinajstić information content (AvgIpc) is 3.32. The monoisotopic (exact) mass is 353 g/mol. The molecule has 130 valence electrons. The Labute approximate surface area is 145 Å². The Morgan fingerprint density at radius 2 is 1.96 bits per heavy atom. The first-order valence-electron chi connectivity index (χ1n) is 8.21. The second-order valence-electron chi connectivity index (χ2n) is 6.52. The van der Waals surface area contributed by atoms with Gasteiger partial charge in [0.25, 0.3) is 5.56 Å². The van der Waals surface area contributed by atoms with Gasteiger partial charge in [-0.3, -0.25) is 4.79 Å². The van der Waals surface area contributed by atoms with Crippen LogP contribution in [0.1, 0.15) is 18.9 Å². The highest BCUT2D eigenvalue weighted by Gasteiger charge is 2.29. The molecule has 5 rings (SSSR count). The molecule has 1 aliphatic rings. The molecule has 4 aromatic rings. The molecular weight excluding hydrogens is 340 g/mol. The highest BCUT2D eigenvalue weighted by atomic mass is 19.1. The number of benzene rings is 2. The van der Waals surface area contributed by atoms with Gasteiger partial charge in [0, 0.05) is 17.0 Å². The van der Waals surface area contributed by atoms with Crippen LogP contribution in [0.25, 0.3) is 33.1 Å². The fourth-order valence-corrected chi connectivity index (χ4v) is 3.37. The Morgan fingerprint density at radius 3 is 2.69 bits per heavy atom. The van der Waals surface area contributed by atoms with Crippen LogP contribution in [-0.2, 0) is 0 Å². The zero-order chi connectivity index (χ0) is 18.0. The summed E-state index contributed by atoms with van der Waals surface area (Å²) in [6.45, 7) is 0. The first kappa shape index (κ1) is 15.1. The highest BCUT2D eigenvalue weighted by molar-refractivity contribution is 6.02. The van der Waals surface area contributed by atoms with Crippen molar-refractivity contribution in [3.8, 4) is 11.1 Å². The van der Waals surface area contributed by atoms with Gasteiger partial charge in [-0.15, -0.1) is 0 Å². The summed E-state index contributed by atoms with van der Waals surface area (Å²) < 4.78 is 35.6. The fraction of sp³-hybridized carbons (Fsp3) is 0.158. The molecular formula is C19H13F2N3O2. The summed E-state index contributed by atoms with van der Waals surface area (Å²) in [5, 5.41) is 0.473. The Hall–Kier alpha value is -3.22. The summed E-state index contributed by atoms with van der Waals surface area (Å²) in [7, 11) is 0. The minimum atomic E-state index is -0.618. The Bertz CT molecular complexity index is 1260. The SMILES string of the molecule is Nc1ccc(-c2cc3c(cc2F)c2ocnc2c(=O)n3C2CC2)cc1F. The molecule has 0 amide bonds. The van der Waals surface area contributed by atoms with E-state index in [0.29, 0.717) is 16.5 Å². The van der Waals surface area contributed by atoms with Gasteiger partial charge in [-0.05, 0) is 42.7 Å². The third kappa shape index (κ3) is 2.06. The van der Waals surface area contributed by atoms with Gasteiger partial charge in [0.15, 0.2) is 17.5 Å². The summed E-state index contributed by atoms with van der Waals surface area (Å²) in [4.78, 5) is 16.8. The summed E-state index contributed by atoms with van der Waals surface area (Å²) >= 11 is 0. The molecule has 0 saturated heterocycles. The van der Waals surface area contributed by atoms with E-state index in [0.717, 1.165) is 12.8 Å². The lowest BCUT2D eigenvalue weighted by Crippen LogP contribution is -2.20. The van der Waals surface area contributed by atoms with Gasteiger partial charge in [-0.2, -0.15) is 0 Å². The molecule has 1 fully saturated rings. The van der Waals surface area contributed by atoms with E-state index in [4.69, 9.17) is 10.2 Å². The van der Waals surface area contributed by atoms with Crippen LogP contribution in [0.3, 0.4) is 0 Å². The van der Waals surface area contributed by atoms with E-state index in [-0.39, 0.29) is 34.0 Å². The number of halogens is 2. The highest BCUT2D eigenvalue weighted by Crippen LogP contribution is 2.39. The third-order valence-corrected chi connectivity index (χ3v) is 4.80. The van der Waals surface area contributed by atoms with E-state index in [9.17, 15) is 13.6 Å². The Kier molecular flexibility index (Phi) is 2.98. The zero-order valence-corrected chi connectivity index (χ0v) is 13.5. The van der Waals surface area contributed by atoms with Crippen LogP contribution in [0, 0.1) is 11.6 Å². The lowest BCUT2D eigenvalue weighted by molar-refractivity contribution is 0.603. The molecule has 2 heterocycles. The maximum atomic E-state index is 14.8. The van der Waals surface area contributed by atoms with Crippen LogP contribution in [0.4, 0.5) is 14.5 Å². The Balaban J connectivity index is 1.88. The molecule has 0 radical (unpaired) electrons. The number of oxazole rings is 1. The quantitative estimate of drug-likeness (QED) is 0.553. The van der Waals surface area contributed by atoms with Crippen molar-refractivity contribution >= 4 is 27.7 Å². The van der Waals surface area contributed by atoms with Gasteiger partial charge in [0.05, 0.1) is 11.2 Å². The summed E-state index contributed by atoms with van der Waals surface area (Å²) in [5.74, 6) is -1.16. The maximum Gasteiger partial charge on any atom is 0.281 e. The predicted molar refractivity (Wildman–Crippen MR) is 93.8 cm³/mol. The summed E-state index contributed by atoms with van der Waals surface area (Å²) in [5.41, 5.74) is 6.79. The molecule has 0 bridgehead atoms. The number of hydrogen-bond donors (Lipinski definition) is 1. The van der Waals surface area contributed by atoms with Crippen molar-refractivity contribution in [2.45, 2.75) is 18.9 Å². The minimum Gasteiger partial charge on any atom is -0.443 e. The van der Waals surface area contributed by atoms with Crippen LogP contribution in [0.2, 0.25) is 0 Å². The lowest BCUT2D eigenvalue weighted by Gasteiger charge is -2.12. The van der Waals surface area contributed by atoms with Crippen molar-refractivity contribution in [3.05, 3.63) is 58.7 Å². The fourth-order valence-electron chi connectivity index (χ4n) is 3.37. The van der Waals surface area contributed by atoms with Gasteiger partial charge in [0.2, 0.25) is 0 Å². The first-order valence-corrected chi connectivity index (χ1v) is 8.21. The van der Waals surface area contributed by atoms with Gasteiger partial charge < -0.3 is 14.7 Å². The maximum absolute atomic E-state index is 14.8. The molecule has 1 aliphatic carbocycles. The van der Waals surface area contributed by atoms with Crippen molar-refractivity contribution in [1.29, 1.82) is 0 Å². The van der Waals surface area contributed by atoms with E-state index in [1.807, 2.05) is 0 Å². The topological polar surface area (TPSA) is 74.1 Å². The molecule has 5 nitrogen and oxygen atoms in total. The molecule has 2 aromatic carbocycles. The second-order valence-corrected chi connectivity index (χ2v) is 6.52. The van der Waals surface area contributed by atoms with Crippen LogP contribution in [0.15, 0.2) is 45.9 Å². The smallest absolute Gasteiger partial charge is 0.281 e. The first-order chi connectivity index (χ1) is 12.5. The van der Waals surface area contributed by atoms with Crippen molar-refractivity contribution in [1.82, 2.24) is 9.55 Å². The molecule has 0 unspecified atom stereocenters. The molecule has 26 heavy (non-hydrogen) atoms. The van der Waals surface area contributed by atoms with Gasteiger partial charge in [-0.1, -0.05) is 6.07 Å². The van der Waals surface area contributed by atoms with Crippen LogP contribution in [0.5, 0.6) is 0 Å². The van der Waals surface area contributed by atoms with Crippen molar-refractivity contribution in [2.75, 3.05) is 5.73 Å². The predicted octanol–water partition coefficient (Wildman–Crippen LogP) is 4.01. The molecule has 0 aliphatic heterocycles. The number of nitrogens with two attached hydrogens (primary N) is 1. The summed E-state index contributed by atoms with van der Waals surface area (Å²) in [6.07, 6.45) is 2.94. The number of rotatable bonds is 2. The average molecular weight is 353 g/mol. The number of nitrogens with zero attached hydrogens (tertiary/aromatic N) is 2. The van der Waals surface area contributed by atoms with E-state index >= 15 is 0 Å². The third-order valence-electron chi connectivity index (χ3n) is 4.80. The van der Waals surface area contributed by atoms with Crippen molar-refractivity contribution in [3.63, 3.8) is 0 Å². The van der Waals surface area contributed by atoms with Gasteiger partial charge >= 0.3 is 0 Å². The molecule has 0 spiro atoms. The summed E-state index contributed by atoms with van der Waals surface area (Å²) in [6, 6.07) is 7.07. The largest absolute Gasteiger partial charge is 0.443 e. The lowest BCUT2D eigenvalue weighted by atomic mass is 10.0. The Morgan fingerprint density at radius 1 is 1.15 bits per heavy atom.